The maximum atomic E-state index is 8.98. The van der Waals surface area contributed by atoms with Crippen LogP contribution >= 0.6 is 11.3 Å². The van der Waals surface area contributed by atoms with Gasteiger partial charge < -0.3 is 4.57 Å². The molecular weight excluding hydrogens is 254 g/mol. The van der Waals surface area contributed by atoms with Crippen LogP contribution in [0.5, 0.6) is 0 Å². The van der Waals surface area contributed by atoms with E-state index < -0.39 is 0 Å². The molecule has 0 aliphatic heterocycles. The van der Waals surface area contributed by atoms with Crippen LogP contribution in [0.1, 0.15) is 33.1 Å². The van der Waals surface area contributed by atoms with Crippen molar-refractivity contribution in [1.29, 1.82) is 5.26 Å². The zero-order valence-electron chi connectivity index (χ0n) is 11.5. The Morgan fingerprint density at radius 2 is 2.26 bits per heavy atom. The summed E-state index contributed by atoms with van der Waals surface area (Å²) in [4.78, 5) is 5.63. The monoisotopic (exact) mass is 273 g/mol. The van der Waals surface area contributed by atoms with Crippen LogP contribution in [-0.2, 0) is 6.54 Å². The fourth-order valence-electron chi connectivity index (χ4n) is 2.03. The molecule has 0 atom stereocenters. The number of hydrogen-bond acceptors (Lipinski definition) is 3. The summed E-state index contributed by atoms with van der Waals surface area (Å²) in [6, 6.07) is 6.50. The van der Waals surface area contributed by atoms with Gasteiger partial charge in [0.15, 0.2) is 0 Å². The van der Waals surface area contributed by atoms with Crippen molar-refractivity contribution in [2.75, 3.05) is 0 Å². The maximum Gasteiger partial charge on any atom is 0.149 e. The molecule has 0 aliphatic rings. The van der Waals surface area contributed by atoms with Crippen molar-refractivity contribution in [1.82, 2.24) is 9.55 Å². The second kappa shape index (κ2) is 6.03. The number of hydrogen-bond donors (Lipinski definition) is 0. The molecule has 0 spiro atoms. The van der Waals surface area contributed by atoms with E-state index in [1.54, 1.807) is 11.3 Å². The number of nitriles is 1. The summed E-state index contributed by atoms with van der Waals surface area (Å²) in [6.45, 7) is 4.97. The van der Waals surface area contributed by atoms with Gasteiger partial charge in [-0.2, -0.15) is 5.26 Å². The fourth-order valence-corrected chi connectivity index (χ4v) is 2.76. The van der Waals surface area contributed by atoms with Crippen molar-refractivity contribution in [3.63, 3.8) is 0 Å². The average molecular weight is 273 g/mol. The highest BCUT2D eigenvalue weighted by Crippen LogP contribution is 2.24. The van der Waals surface area contributed by atoms with Crippen molar-refractivity contribution in [2.45, 2.75) is 39.7 Å². The van der Waals surface area contributed by atoms with Crippen molar-refractivity contribution >= 4 is 11.3 Å². The number of aryl methyl sites for hydroxylation is 1. The molecule has 2 heterocycles. The van der Waals surface area contributed by atoms with Crippen LogP contribution in [0, 0.1) is 16.7 Å². The second-order valence-electron chi connectivity index (χ2n) is 5.37. The third kappa shape index (κ3) is 3.68. The predicted molar refractivity (Wildman–Crippen MR) is 78.8 cm³/mol. The molecule has 100 valence electrons. The summed E-state index contributed by atoms with van der Waals surface area (Å²) >= 11 is 1.72. The molecule has 0 fully saturated rings. The van der Waals surface area contributed by atoms with Gasteiger partial charge in [-0.05, 0) is 38.1 Å². The normalized spacial score (nSPS) is 11.4. The largest absolute Gasteiger partial charge is 0.330 e. The Morgan fingerprint density at radius 3 is 2.95 bits per heavy atom. The number of imidazole rings is 1. The van der Waals surface area contributed by atoms with Gasteiger partial charge in [0.05, 0.1) is 16.4 Å². The minimum Gasteiger partial charge on any atom is -0.330 e. The van der Waals surface area contributed by atoms with E-state index in [4.69, 9.17) is 5.26 Å². The topological polar surface area (TPSA) is 41.6 Å². The third-order valence-electron chi connectivity index (χ3n) is 3.21. The SMILES string of the molecule is CC(C)(C#N)CCCCn1ccnc1-c1cccs1. The van der Waals surface area contributed by atoms with Gasteiger partial charge in [-0.25, -0.2) is 4.98 Å². The lowest BCUT2D eigenvalue weighted by atomic mass is 9.89. The van der Waals surface area contributed by atoms with E-state index in [1.165, 1.54) is 4.88 Å². The Morgan fingerprint density at radius 1 is 1.42 bits per heavy atom. The molecule has 0 N–H and O–H groups in total. The molecule has 3 nitrogen and oxygen atoms in total. The van der Waals surface area contributed by atoms with E-state index in [9.17, 15) is 0 Å². The first-order valence-electron chi connectivity index (χ1n) is 6.59. The van der Waals surface area contributed by atoms with E-state index in [2.05, 4.69) is 33.1 Å². The lowest BCUT2D eigenvalue weighted by molar-refractivity contribution is 0.417. The average Bonchev–Trinajstić information content (AvgIpc) is 3.05. The first-order chi connectivity index (χ1) is 9.12. The number of rotatable bonds is 6. The summed E-state index contributed by atoms with van der Waals surface area (Å²) in [7, 11) is 0. The van der Waals surface area contributed by atoms with Crippen molar-refractivity contribution in [3.05, 3.63) is 29.9 Å². The summed E-state index contributed by atoms with van der Waals surface area (Å²) in [5.74, 6) is 1.05. The van der Waals surface area contributed by atoms with Crippen LogP contribution in [0.15, 0.2) is 29.9 Å². The van der Waals surface area contributed by atoms with Crippen LogP contribution in [0.2, 0.25) is 0 Å². The second-order valence-corrected chi connectivity index (χ2v) is 6.32. The minimum atomic E-state index is -0.203. The van der Waals surface area contributed by atoms with Gasteiger partial charge in [0.2, 0.25) is 0 Å². The molecule has 19 heavy (non-hydrogen) atoms. The standard InChI is InChI=1S/C15H19N3S/c1-15(2,12-16)7-3-4-9-18-10-8-17-14(18)13-6-5-11-19-13/h5-6,8,10-11H,3-4,7,9H2,1-2H3. The zero-order valence-corrected chi connectivity index (χ0v) is 12.3. The minimum absolute atomic E-state index is 0.203. The van der Waals surface area contributed by atoms with Gasteiger partial charge in [0, 0.05) is 18.9 Å². The molecule has 0 amide bonds. The van der Waals surface area contributed by atoms with Crippen molar-refractivity contribution in [2.24, 2.45) is 5.41 Å². The van der Waals surface area contributed by atoms with E-state index >= 15 is 0 Å². The number of thiophene rings is 1. The zero-order chi connectivity index (χ0) is 13.7. The summed E-state index contributed by atoms with van der Waals surface area (Å²) < 4.78 is 2.20. The van der Waals surface area contributed by atoms with Gasteiger partial charge in [-0.15, -0.1) is 11.3 Å². The maximum absolute atomic E-state index is 8.98. The highest BCUT2D eigenvalue weighted by molar-refractivity contribution is 7.13. The smallest absolute Gasteiger partial charge is 0.149 e. The van der Waals surface area contributed by atoms with Gasteiger partial charge in [0.1, 0.15) is 5.82 Å². The first-order valence-corrected chi connectivity index (χ1v) is 7.47. The molecule has 2 aromatic heterocycles. The van der Waals surface area contributed by atoms with E-state index in [-0.39, 0.29) is 5.41 Å². The van der Waals surface area contributed by atoms with E-state index in [0.29, 0.717) is 0 Å². The molecule has 2 aromatic rings. The van der Waals surface area contributed by atoms with Gasteiger partial charge >= 0.3 is 0 Å². The summed E-state index contributed by atoms with van der Waals surface area (Å²) in [5.41, 5.74) is -0.203. The van der Waals surface area contributed by atoms with Gasteiger partial charge in [-0.1, -0.05) is 12.5 Å². The van der Waals surface area contributed by atoms with Crippen LogP contribution in [0.3, 0.4) is 0 Å². The Balaban J connectivity index is 1.88. The first kappa shape index (κ1) is 13.8. The molecular formula is C15H19N3S. The van der Waals surface area contributed by atoms with E-state index in [1.807, 2.05) is 26.2 Å². The summed E-state index contributed by atoms with van der Waals surface area (Å²) in [5, 5.41) is 11.1. The lowest BCUT2D eigenvalue weighted by Crippen LogP contribution is -2.08. The highest BCUT2D eigenvalue weighted by atomic mass is 32.1. The molecule has 0 aliphatic carbocycles. The molecule has 0 radical (unpaired) electrons. The Labute approximate surface area is 118 Å². The van der Waals surface area contributed by atoms with Gasteiger partial charge in [-0.3, -0.25) is 0 Å². The van der Waals surface area contributed by atoms with Crippen LogP contribution in [0.4, 0.5) is 0 Å². The highest BCUT2D eigenvalue weighted by Gasteiger charge is 2.15. The number of unbranched alkanes of at least 4 members (excludes halogenated alkanes) is 1. The Bertz CT molecular complexity index is 546. The third-order valence-corrected chi connectivity index (χ3v) is 4.08. The van der Waals surface area contributed by atoms with Crippen molar-refractivity contribution in [3.8, 4) is 16.8 Å². The number of aromatic nitrogens is 2. The lowest BCUT2D eigenvalue weighted by Gasteiger charge is -2.14. The molecule has 0 aromatic carbocycles. The molecule has 0 unspecified atom stereocenters. The molecule has 4 heteroatoms. The predicted octanol–water partition coefficient (Wildman–Crippen LogP) is 4.33. The Hall–Kier alpha value is -1.60. The molecule has 0 bridgehead atoms. The van der Waals surface area contributed by atoms with E-state index in [0.717, 1.165) is 31.6 Å². The summed E-state index contributed by atoms with van der Waals surface area (Å²) in [6.07, 6.45) is 6.99. The van der Waals surface area contributed by atoms with Crippen LogP contribution in [0.25, 0.3) is 10.7 Å². The fraction of sp³-hybridized carbons (Fsp3) is 0.467. The van der Waals surface area contributed by atoms with Crippen molar-refractivity contribution < 1.29 is 0 Å². The molecule has 0 saturated carbocycles. The van der Waals surface area contributed by atoms with Crippen LogP contribution < -0.4 is 0 Å². The molecule has 0 saturated heterocycles. The van der Waals surface area contributed by atoms with Gasteiger partial charge in [0.25, 0.3) is 0 Å². The Kier molecular flexibility index (Phi) is 4.39. The number of nitrogens with zero attached hydrogens (tertiary/aromatic N) is 3. The molecule has 2 rings (SSSR count). The van der Waals surface area contributed by atoms with Crippen LogP contribution in [-0.4, -0.2) is 9.55 Å². The quantitative estimate of drug-likeness (QED) is 0.735.